The smallest absolute Gasteiger partial charge is 0.141 e. The number of benzene rings is 1. The molecule has 0 saturated heterocycles. The summed E-state index contributed by atoms with van der Waals surface area (Å²) >= 11 is 0. The Balaban J connectivity index is 2.23. The summed E-state index contributed by atoms with van der Waals surface area (Å²) in [5, 5.41) is 7.84. The van der Waals surface area contributed by atoms with Gasteiger partial charge in [0.2, 0.25) is 0 Å². The van der Waals surface area contributed by atoms with Crippen LogP contribution in [0.3, 0.4) is 0 Å². The van der Waals surface area contributed by atoms with E-state index in [0.29, 0.717) is 0 Å². The minimum Gasteiger partial charge on any atom is -0.495 e. The summed E-state index contributed by atoms with van der Waals surface area (Å²) in [6, 6.07) is 6.32. The van der Waals surface area contributed by atoms with Crippen molar-refractivity contribution in [3.8, 4) is 5.75 Å². The second-order valence-electron chi connectivity index (χ2n) is 6.43. The normalized spacial score (nSPS) is 11.5. The molecule has 0 aliphatic carbocycles. The Hall–Kier alpha value is -1.97. The average molecular weight is 287 g/mol. The summed E-state index contributed by atoms with van der Waals surface area (Å²) in [6.45, 7) is 9.40. The van der Waals surface area contributed by atoms with Crippen molar-refractivity contribution in [3.05, 3.63) is 41.2 Å². The lowest BCUT2D eigenvalue weighted by Gasteiger charge is -2.21. The van der Waals surface area contributed by atoms with Crippen LogP contribution in [0, 0.1) is 6.92 Å². The molecular weight excluding hydrogens is 262 g/mol. The number of anilines is 1. The van der Waals surface area contributed by atoms with Gasteiger partial charge in [0.15, 0.2) is 0 Å². The molecule has 0 atom stereocenters. The van der Waals surface area contributed by atoms with Crippen molar-refractivity contribution in [1.82, 2.24) is 9.78 Å². The van der Waals surface area contributed by atoms with Crippen molar-refractivity contribution in [2.45, 2.75) is 39.7 Å². The van der Waals surface area contributed by atoms with Gasteiger partial charge in [0, 0.05) is 25.4 Å². The summed E-state index contributed by atoms with van der Waals surface area (Å²) in [5.41, 5.74) is 4.67. The minimum atomic E-state index is 0.118. The number of aromatic nitrogens is 2. The fourth-order valence-corrected chi connectivity index (χ4v) is 2.33. The third kappa shape index (κ3) is 3.57. The van der Waals surface area contributed by atoms with Crippen LogP contribution < -0.4 is 10.1 Å². The zero-order valence-electron chi connectivity index (χ0n) is 13.8. The van der Waals surface area contributed by atoms with Gasteiger partial charge in [0.25, 0.3) is 0 Å². The van der Waals surface area contributed by atoms with E-state index in [4.69, 9.17) is 4.74 Å². The summed E-state index contributed by atoms with van der Waals surface area (Å²) in [5.74, 6) is 0.865. The second kappa shape index (κ2) is 5.80. The average Bonchev–Trinajstić information content (AvgIpc) is 2.73. The fourth-order valence-electron chi connectivity index (χ4n) is 2.33. The van der Waals surface area contributed by atoms with E-state index in [-0.39, 0.29) is 5.41 Å². The molecule has 1 heterocycles. The van der Waals surface area contributed by atoms with Gasteiger partial charge in [-0.3, -0.25) is 4.68 Å². The van der Waals surface area contributed by atoms with Crippen LogP contribution in [-0.2, 0) is 19.0 Å². The van der Waals surface area contributed by atoms with Crippen LogP contribution in [0.15, 0.2) is 24.4 Å². The highest BCUT2D eigenvalue weighted by Gasteiger charge is 2.16. The number of ether oxygens (including phenoxy) is 1. The quantitative estimate of drug-likeness (QED) is 0.933. The lowest BCUT2D eigenvalue weighted by molar-refractivity contribution is 0.416. The molecule has 1 N–H and O–H groups in total. The molecule has 0 radical (unpaired) electrons. The summed E-state index contributed by atoms with van der Waals surface area (Å²) in [4.78, 5) is 0. The van der Waals surface area contributed by atoms with E-state index >= 15 is 0 Å². The van der Waals surface area contributed by atoms with Gasteiger partial charge in [-0.2, -0.15) is 5.10 Å². The van der Waals surface area contributed by atoms with Crippen molar-refractivity contribution in [1.29, 1.82) is 0 Å². The highest BCUT2D eigenvalue weighted by molar-refractivity contribution is 5.59. The highest BCUT2D eigenvalue weighted by atomic mass is 16.5. The van der Waals surface area contributed by atoms with E-state index in [1.54, 1.807) is 7.11 Å². The number of hydrogen-bond donors (Lipinski definition) is 1. The van der Waals surface area contributed by atoms with Crippen LogP contribution >= 0.6 is 0 Å². The standard InChI is InChI=1S/C17H25N3O/c1-12-13(11-20(5)19-12)10-18-15-9-14(17(2,3)4)7-8-16(15)21-6/h7-9,11,18H,10H2,1-6H3. The van der Waals surface area contributed by atoms with Gasteiger partial charge in [-0.1, -0.05) is 26.8 Å². The second-order valence-corrected chi connectivity index (χ2v) is 6.43. The van der Waals surface area contributed by atoms with Crippen LogP contribution in [0.25, 0.3) is 0 Å². The lowest BCUT2D eigenvalue weighted by atomic mass is 9.87. The third-order valence-corrected chi connectivity index (χ3v) is 3.65. The molecule has 4 heteroatoms. The van der Waals surface area contributed by atoms with Crippen LogP contribution in [0.4, 0.5) is 5.69 Å². The van der Waals surface area contributed by atoms with Crippen LogP contribution in [0.2, 0.25) is 0 Å². The van der Waals surface area contributed by atoms with Gasteiger partial charge in [-0.15, -0.1) is 0 Å². The van der Waals surface area contributed by atoms with E-state index < -0.39 is 0 Å². The largest absolute Gasteiger partial charge is 0.495 e. The topological polar surface area (TPSA) is 39.1 Å². The number of rotatable bonds is 4. The number of nitrogens with zero attached hydrogens (tertiary/aromatic N) is 2. The van der Waals surface area contributed by atoms with Crippen molar-refractivity contribution in [2.24, 2.45) is 7.05 Å². The van der Waals surface area contributed by atoms with E-state index in [1.165, 1.54) is 11.1 Å². The molecule has 114 valence electrons. The molecule has 21 heavy (non-hydrogen) atoms. The molecule has 0 spiro atoms. The van der Waals surface area contributed by atoms with E-state index in [2.05, 4.69) is 43.3 Å². The van der Waals surface area contributed by atoms with E-state index in [9.17, 15) is 0 Å². The molecule has 0 unspecified atom stereocenters. The summed E-state index contributed by atoms with van der Waals surface area (Å²) < 4.78 is 7.30. The molecule has 0 aliphatic heterocycles. The van der Waals surface area contributed by atoms with Crippen molar-refractivity contribution in [2.75, 3.05) is 12.4 Å². The molecule has 0 amide bonds. The third-order valence-electron chi connectivity index (χ3n) is 3.65. The lowest BCUT2D eigenvalue weighted by Crippen LogP contribution is -2.12. The minimum absolute atomic E-state index is 0.118. The van der Waals surface area contributed by atoms with Gasteiger partial charge in [0.1, 0.15) is 5.75 Å². The Labute approximate surface area is 127 Å². The van der Waals surface area contributed by atoms with Gasteiger partial charge in [0.05, 0.1) is 18.5 Å². The van der Waals surface area contributed by atoms with E-state index in [1.807, 2.05) is 30.9 Å². The number of methoxy groups -OCH3 is 1. The first-order chi connectivity index (χ1) is 9.81. The maximum absolute atomic E-state index is 5.45. The van der Waals surface area contributed by atoms with Crippen molar-refractivity contribution in [3.63, 3.8) is 0 Å². The first kappa shape index (κ1) is 15.4. The molecule has 1 aromatic heterocycles. The predicted molar refractivity (Wildman–Crippen MR) is 87.0 cm³/mol. The van der Waals surface area contributed by atoms with Crippen LogP contribution in [0.1, 0.15) is 37.6 Å². The SMILES string of the molecule is COc1ccc(C(C)(C)C)cc1NCc1cn(C)nc1C. The zero-order chi connectivity index (χ0) is 15.6. The molecule has 4 nitrogen and oxygen atoms in total. The first-order valence-corrected chi connectivity index (χ1v) is 7.23. The molecule has 2 aromatic rings. The van der Waals surface area contributed by atoms with E-state index in [0.717, 1.165) is 23.7 Å². The summed E-state index contributed by atoms with van der Waals surface area (Å²) in [7, 11) is 3.64. The first-order valence-electron chi connectivity index (χ1n) is 7.23. The highest BCUT2D eigenvalue weighted by Crippen LogP contribution is 2.31. The van der Waals surface area contributed by atoms with Gasteiger partial charge in [-0.25, -0.2) is 0 Å². The van der Waals surface area contributed by atoms with Crippen molar-refractivity contribution >= 4 is 5.69 Å². The maximum Gasteiger partial charge on any atom is 0.141 e. The van der Waals surface area contributed by atoms with Crippen LogP contribution in [0.5, 0.6) is 5.75 Å². The Morgan fingerprint density at radius 2 is 2.00 bits per heavy atom. The van der Waals surface area contributed by atoms with Crippen molar-refractivity contribution < 1.29 is 4.74 Å². The molecule has 2 rings (SSSR count). The molecular formula is C17H25N3O. The Morgan fingerprint density at radius 3 is 2.52 bits per heavy atom. The fraction of sp³-hybridized carbons (Fsp3) is 0.471. The zero-order valence-corrected chi connectivity index (χ0v) is 13.8. The monoisotopic (exact) mass is 287 g/mol. The molecule has 0 fully saturated rings. The van der Waals surface area contributed by atoms with Crippen LogP contribution in [-0.4, -0.2) is 16.9 Å². The van der Waals surface area contributed by atoms with Gasteiger partial charge >= 0.3 is 0 Å². The number of aryl methyl sites for hydroxylation is 2. The Morgan fingerprint density at radius 1 is 1.29 bits per heavy atom. The Kier molecular flexibility index (Phi) is 4.26. The molecule has 0 bridgehead atoms. The molecule has 0 saturated carbocycles. The van der Waals surface area contributed by atoms with Gasteiger partial charge < -0.3 is 10.1 Å². The number of hydrogen-bond acceptors (Lipinski definition) is 3. The molecule has 1 aromatic carbocycles. The molecule has 0 aliphatic rings. The Bertz CT molecular complexity index is 623. The number of nitrogens with one attached hydrogen (secondary N) is 1. The maximum atomic E-state index is 5.45. The summed E-state index contributed by atoms with van der Waals surface area (Å²) in [6.07, 6.45) is 2.04. The van der Waals surface area contributed by atoms with Gasteiger partial charge in [-0.05, 0) is 30.0 Å². The predicted octanol–water partition coefficient (Wildman–Crippen LogP) is 3.65.